The van der Waals surface area contributed by atoms with E-state index in [1.54, 1.807) is 24.3 Å². The molecule has 128 valence electrons. The van der Waals surface area contributed by atoms with E-state index in [2.05, 4.69) is 23.2 Å². The lowest BCUT2D eigenvalue weighted by Crippen LogP contribution is -2.26. The number of amides is 1. The molecule has 1 N–H and O–H groups in total. The summed E-state index contributed by atoms with van der Waals surface area (Å²) in [6, 6.07) is 8.80. The normalized spacial score (nSPS) is 12.2. The van der Waals surface area contributed by atoms with Gasteiger partial charge in [0.05, 0.1) is 4.92 Å². The Hall–Kier alpha value is -2.25. The van der Waals surface area contributed by atoms with Gasteiger partial charge in [0.2, 0.25) is 5.91 Å². The van der Waals surface area contributed by atoms with Crippen molar-refractivity contribution in [2.24, 2.45) is 0 Å². The van der Waals surface area contributed by atoms with Crippen LogP contribution in [0, 0.1) is 17.0 Å². The Morgan fingerprint density at radius 2 is 2.17 bits per heavy atom. The fraction of sp³-hybridized carbons (Fsp3) is 0.353. The van der Waals surface area contributed by atoms with Gasteiger partial charge >= 0.3 is 0 Å². The van der Waals surface area contributed by atoms with E-state index in [0.29, 0.717) is 24.2 Å². The second-order valence-corrected chi connectivity index (χ2v) is 6.71. The summed E-state index contributed by atoms with van der Waals surface area (Å²) in [6.45, 7) is 4.49. The van der Waals surface area contributed by atoms with Crippen molar-refractivity contribution in [3.8, 4) is 0 Å². The lowest BCUT2D eigenvalue weighted by Gasteiger charge is -2.23. The highest BCUT2D eigenvalue weighted by Crippen LogP contribution is 2.24. The van der Waals surface area contributed by atoms with E-state index in [-0.39, 0.29) is 17.6 Å². The molecule has 0 spiro atoms. The van der Waals surface area contributed by atoms with E-state index in [1.165, 1.54) is 17.0 Å². The molecule has 0 bridgehead atoms. The summed E-state index contributed by atoms with van der Waals surface area (Å²) in [5.41, 5.74) is 1.31. The molecule has 1 atom stereocenters. The zero-order valence-corrected chi connectivity index (χ0v) is 14.8. The standard InChI is InChI=1S/C17H21N3O3S/c1-12-11-14(20(22)23)6-7-15(12)18-17(21)8-9-19(3)13(2)16-5-4-10-24-16/h4-7,10-11,13H,8-9H2,1-3H3,(H,18,21). The van der Waals surface area contributed by atoms with Crippen LogP contribution in [0.5, 0.6) is 0 Å². The average Bonchev–Trinajstić information content (AvgIpc) is 3.08. The van der Waals surface area contributed by atoms with Crippen molar-refractivity contribution in [2.75, 3.05) is 18.9 Å². The summed E-state index contributed by atoms with van der Waals surface area (Å²) < 4.78 is 0. The Bertz CT molecular complexity index is 716. The number of benzene rings is 1. The minimum absolute atomic E-state index is 0.0232. The minimum Gasteiger partial charge on any atom is -0.326 e. The highest BCUT2D eigenvalue weighted by molar-refractivity contribution is 7.10. The van der Waals surface area contributed by atoms with Crippen LogP contribution in [0.15, 0.2) is 35.7 Å². The van der Waals surface area contributed by atoms with Crippen molar-refractivity contribution >= 4 is 28.6 Å². The van der Waals surface area contributed by atoms with Crippen molar-refractivity contribution in [1.82, 2.24) is 4.90 Å². The van der Waals surface area contributed by atoms with Gasteiger partial charge in [0.25, 0.3) is 5.69 Å². The third kappa shape index (κ3) is 4.62. The van der Waals surface area contributed by atoms with E-state index in [4.69, 9.17) is 0 Å². The van der Waals surface area contributed by atoms with Crippen LogP contribution in [0.2, 0.25) is 0 Å². The quantitative estimate of drug-likeness (QED) is 0.607. The van der Waals surface area contributed by atoms with Crippen LogP contribution in [0.3, 0.4) is 0 Å². The molecule has 0 aliphatic rings. The molecule has 2 aromatic rings. The molecule has 1 heterocycles. The van der Waals surface area contributed by atoms with Gasteiger partial charge in [0, 0.05) is 41.7 Å². The summed E-state index contributed by atoms with van der Waals surface area (Å²) in [5, 5.41) is 15.6. The largest absolute Gasteiger partial charge is 0.326 e. The molecule has 1 amide bonds. The summed E-state index contributed by atoms with van der Waals surface area (Å²) in [5.74, 6) is -0.0998. The van der Waals surface area contributed by atoms with Crippen LogP contribution >= 0.6 is 11.3 Å². The Morgan fingerprint density at radius 3 is 2.75 bits per heavy atom. The lowest BCUT2D eigenvalue weighted by molar-refractivity contribution is -0.384. The molecule has 2 rings (SSSR count). The zero-order valence-electron chi connectivity index (χ0n) is 14.0. The minimum atomic E-state index is -0.445. The molecule has 24 heavy (non-hydrogen) atoms. The first-order chi connectivity index (χ1) is 11.4. The first-order valence-electron chi connectivity index (χ1n) is 7.67. The van der Waals surface area contributed by atoms with Gasteiger partial charge in [-0.05, 0) is 44.0 Å². The fourth-order valence-electron chi connectivity index (χ4n) is 2.33. The molecule has 0 aliphatic carbocycles. The van der Waals surface area contributed by atoms with Gasteiger partial charge in [-0.2, -0.15) is 0 Å². The number of nitro groups is 1. The van der Waals surface area contributed by atoms with Crippen LogP contribution < -0.4 is 5.32 Å². The number of rotatable bonds is 7. The molecule has 0 fully saturated rings. The van der Waals surface area contributed by atoms with E-state index < -0.39 is 4.92 Å². The van der Waals surface area contributed by atoms with Crippen molar-refractivity contribution in [1.29, 1.82) is 0 Å². The van der Waals surface area contributed by atoms with Crippen LogP contribution in [0.25, 0.3) is 0 Å². The van der Waals surface area contributed by atoms with Gasteiger partial charge < -0.3 is 5.32 Å². The highest BCUT2D eigenvalue weighted by atomic mass is 32.1. The molecule has 0 saturated heterocycles. The Kier molecular flexibility index (Phi) is 6.05. The Balaban J connectivity index is 1.88. The first kappa shape index (κ1) is 18.1. The maximum absolute atomic E-state index is 12.1. The second-order valence-electron chi connectivity index (χ2n) is 5.73. The van der Waals surface area contributed by atoms with Crippen molar-refractivity contribution in [2.45, 2.75) is 26.3 Å². The number of anilines is 1. The van der Waals surface area contributed by atoms with Crippen molar-refractivity contribution in [3.63, 3.8) is 0 Å². The molecular formula is C17H21N3O3S. The topological polar surface area (TPSA) is 75.5 Å². The third-order valence-corrected chi connectivity index (χ3v) is 5.05. The van der Waals surface area contributed by atoms with Gasteiger partial charge in [-0.3, -0.25) is 19.8 Å². The maximum atomic E-state index is 12.1. The zero-order chi connectivity index (χ0) is 17.7. The average molecular weight is 347 g/mol. The second kappa shape index (κ2) is 8.03. The van der Waals surface area contributed by atoms with E-state index in [9.17, 15) is 14.9 Å². The third-order valence-electron chi connectivity index (χ3n) is 4.00. The number of non-ortho nitro benzene ring substituents is 1. The number of hydrogen-bond donors (Lipinski definition) is 1. The molecule has 1 aromatic heterocycles. The number of nitro benzene ring substituents is 1. The highest BCUT2D eigenvalue weighted by Gasteiger charge is 2.15. The van der Waals surface area contributed by atoms with Crippen LogP contribution in [-0.4, -0.2) is 29.3 Å². The molecular weight excluding hydrogens is 326 g/mol. The van der Waals surface area contributed by atoms with Crippen LogP contribution in [-0.2, 0) is 4.79 Å². The van der Waals surface area contributed by atoms with Crippen LogP contribution in [0.1, 0.15) is 29.8 Å². The number of nitrogens with one attached hydrogen (secondary N) is 1. The summed E-state index contributed by atoms with van der Waals surface area (Å²) in [4.78, 5) is 25.8. The molecule has 1 unspecified atom stereocenters. The number of carbonyl (C=O) groups excluding carboxylic acids is 1. The predicted octanol–water partition coefficient (Wildman–Crippen LogP) is 3.99. The molecule has 0 radical (unpaired) electrons. The first-order valence-corrected chi connectivity index (χ1v) is 8.55. The molecule has 1 aromatic carbocycles. The smallest absolute Gasteiger partial charge is 0.269 e. The van der Waals surface area contributed by atoms with Gasteiger partial charge in [-0.15, -0.1) is 11.3 Å². The molecule has 0 aliphatic heterocycles. The van der Waals surface area contributed by atoms with Gasteiger partial charge in [-0.1, -0.05) is 6.07 Å². The summed E-state index contributed by atoms with van der Waals surface area (Å²) in [6.07, 6.45) is 0.364. The Labute approximate surface area is 145 Å². The summed E-state index contributed by atoms with van der Waals surface area (Å²) >= 11 is 1.70. The SMILES string of the molecule is Cc1cc([N+](=O)[O-])ccc1NC(=O)CCN(C)C(C)c1cccs1. The fourth-order valence-corrected chi connectivity index (χ4v) is 3.18. The lowest BCUT2D eigenvalue weighted by atomic mass is 10.1. The number of aryl methyl sites for hydroxylation is 1. The van der Waals surface area contributed by atoms with Gasteiger partial charge in [0.1, 0.15) is 0 Å². The van der Waals surface area contributed by atoms with E-state index >= 15 is 0 Å². The number of thiophene rings is 1. The van der Waals surface area contributed by atoms with Crippen molar-refractivity contribution in [3.05, 3.63) is 56.3 Å². The maximum Gasteiger partial charge on any atom is 0.269 e. The molecule has 6 nitrogen and oxygen atoms in total. The monoisotopic (exact) mass is 347 g/mol. The van der Waals surface area contributed by atoms with Crippen molar-refractivity contribution < 1.29 is 9.72 Å². The summed E-state index contributed by atoms with van der Waals surface area (Å²) in [7, 11) is 1.99. The van der Waals surface area contributed by atoms with E-state index in [1.807, 2.05) is 18.5 Å². The number of carbonyl (C=O) groups is 1. The number of hydrogen-bond acceptors (Lipinski definition) is 5. The number of nitrogens with zero attached hydrogens (tertiary/aromatic N) is 2. The van der Waals surface area contributed by atoms with Gasteiger partial charge in [0.15, 0.2) is 0 Å². The Morgan fingerprint density at radius 1 is 1.42 bits per heavy atom. The predicted molar refractivity (Wildman–Crippen MR) is 96.4 cm³/mol. The molecule has 0 saturated carbocycles. The van der Waals surface area contributed by atoms with E-state index in [0.717, 1.165) is 0 Å². The van der Waals surface area contributed by atoms with Gasteiger partial charge in [-0.25, -0.2) is 0 Å². The molecule has 7 heteroatoms. The van der Waals surface area contributed by atoms with Crippen LogP contribution in [0.4, 0.5) is 11.4 Å².